The summed E-state index contributed by atoms with van der Waals surface area (Å²) >= 11 is 1.48. The van der Waals surface area contributed by atoms with E-state index in [0.29, 0.717) is 4.88 Å². The lowest BCUT2D eigenvalue weighted by molar-refractivity contribution is -0.129. The number of thiophene rings is 1. The van der Waals surface area contributed by atoms with E-state index in [1.807, 2.05) is 6.07 Å². The average Bonchev–Trinajstić information content (AvgIpc) is 3.21. The maximum absolute atomic E-state index is 12.3. The van der Waals surface area contributed by atoms with Crippen LogP contribution in [0.2, 0.25) is 0 Å². The molecule has 3 amide bonds. The maximum Gasteiger partial charge on any atom is 0.291 e. The first-order valence-electron chi connectivity index (χ1n) is 8.76. The van der Waals surface area contributed by atoms with Crippen LogP contribution in [0.25, 0.3) is 0 Å². The Morgan fingerprint density at radius 3 is 2.67 bits per heavy atom. The minimum absolute atomic E-state index is 0.0135. The van der Waals surface area contributed by atoms with Crippen molar-refractivity contribution in [1.82, 2.24) is 30.7 Å². The van der Waals surface area contributed by atoms with E-state index < -0.39 is 5.91 Å². The van der Waals surface area contributed by atoms with Crippen molar-refractivity contribution in [3.63, 3.8) is 0 Å². The predicted molar refractivity (Wildman–Crippen MR) is 99.2 cm³/mol. The molecule has 0 atom stereocenters. The fraction of sp³-hybridized carbons (Fsp3) is 0.471. The van der Waals surface area contributed by atoms with E-state index in [4.69, 9.17) is 0 Å². The van der Waals surface area contributed by atoms with Gasteiger partial charge in [-0.3, -0.25) is 25.2 Å². The van der Waals surface area contributed by atoms with Crippen LogP contribution in [0.1, 0.15) is 49.9 Å². The molecule has 0 bridgehead atoms. The average molecular weight is 390 g/mol. The number of carbonyl (C=O) groups excluding carboxylic acids is 3. The van der Waals surface area contributed by atoms with Crippen LogP contribution in [-0.4, -0.2) is 51.7 Å². The lowest BCUT2D eigenvalue weighted by Crippen LogP contribution is -2.41. The molecule has 3 rings (SSSR count). The van der Waals surface area contributed by atoms with Gasteiger partial charge in [0.25, 0.3) is 11.8 Å². The minimum atomic E-state index is -0.593. The van der Waals surface area contributed by atoms with E-state index in [2.05, 4.69) is 21.2 Å². The van der Waals surface area contributed by atoms with Crippen molar-refractivity contribution in [2.75, 3.05) is 14.1 Å². The monoisotopic (exact) mass is 390 g/mol. The molecule has 0 unspecified atom stereocenters. The Kier molecular flexibility index (Phi) is 5.84. The zero-order valence-electron chi connectivity index (χ0n) is 15.3. The zero-order valence-corrected chi connectivity index (χ0v) is 16.1. The van der Waals surface area contributed by atoms with Gasteiger partial charge in [0.15, 0.2) is 5.69 Å². The van der Waals surface area contributed by atoms with Gasteiger partial charge in [-0.05, 0) is 37.3 Å². The van der Waals surface area contributed by atoms with E-state index in [0.717, 1.165) is 25.7 Å². The third kappa shape index (κ3) is 4.70. The fourth-order valence-corrected chi connectivity index (χ4v) is 3.93. The summed E-state index contributed by atoms with van der Waals surface area (Å²) in [5.41, 5.74) is 6.00. The van der Waals surface area contributed by atoms with E-state index >= 15 is 0 Å². The number of hydrogen-bond acceptors (Lipinski definition) is 6. The molecule has 2 heterocycles. The van der Waals surface area contributed by atoms with Crippen LogP contribution in [-0.2, 0) is 24.2 Å². The lowest BCUT2D eigenvalue weighted by atomic mass is 10.1. The topological polar surface area (TPSA) is 109 Å². The predicted octanol–water partition coefficient (Wildman–Crippen LogP) is 0.771. The second-order valence-electron chi connectivity index (χ2n) is 6.62. The largest absolute Gasteiger partial charge is 0.347 e. The Morgan fingerprint density at radius 1 is 1.15 bits per heavy atom. The molecule has 144 valence electrons. The van der Waals surface area contributed by atoms with Gasteiger partial charge in [0.1, 0.15) is 6.54 Å². The van der Waals surface area contributed by atoms with Crippen LogP contribution in [0.15, 0.2) is 12.3 Å². The molecule has 1 aliphatic rings. The molecule has 0 fully saturated rings. The van der Waals surface area contributed by atoms with Gasteiger partial charge in [0.2, 0.25) is 5.91 Å². The molecule has 1 aliphatic carbocycles. The molecule has 0 aromatic carbocycles. The minimum Gasteiger partial charge on any atom is -0.347 e. The number of aryl methyl sites for hydroxylation is 2. The summed E-state index contributed by atoms with van der Waals surface area (Å²) in [5, 5.41) is 7.47. The maximum atomic E-state index is 12.3. The summed E-state index contributed by atoms with van der Waals surface area (Å²) < 4.78 is 1.27. The number of amides is 3. The standard InChI is InChI=1S/C17H22N6O3S/c1-22(2)15(24)10-23-9-12(18-21-23)16(25)19-20-17(26)14-8-11-6-4-3-5-7-13(11)27-14/h8-9H,3-7,10H2,1-2H3,(H,19,25)(H,20,26). The Labute approximate surface area is 160 Å². The quantitative estimate of drug-likeness (QED) is 0.592. The summed E-state index contributed by atoms with van der Waals surface area (Å²) in [7, 11) is 3.26. The second kappa shape index (κ2) is 8.30. The van der Waals surface area contributed by atoms with Gasteiger partial charge >= 0.3 is 0 Å². The molecule has 10 heteroatoms. The van der Waals surface area contributed by atoms with Crippen molar-refractivity contribution in [2.45, 2.75) is 38.6 Å². The normalized spacial score (nSPS) is 13.4. The third-order valence-electron chi connectivity index (χ3n) is 4.33. The Balaban J connectivity index is 1.55. The van der Waals surface area contributed by atoms with E-state index in [-0.39, 0.29) is 24.1 Å². The van der Waals surface area contributed by atoms with Crippen molar-refractivity contribution in [2.24, 2.45) is 0 Å². The van der Waals surface area contributed by atoms with Gasteiger partial charge in [-0.2, -0.15) is 0 Å². The van der Waals surface area contributed by atoms with Crippen molar-refractivity contribution in [1.29, 1.82) is 0 Å². The van der Waals surface area contributed by atoms with Gasteiger partial charge in [0.05, 0.1) is 11.1 Å². The van der Waals surface area contributed by atoms with Gasteiger partial charge in [-0.1, -0.05) is 11.6 Å². The highest BCUT2D eigenvalue weighted by Gasteiger charge is 2.18. The number of aromatic nitrogens is 3. The molecule has 0 saturated carbocycles. The second-order valence-corrected chi connectivity index (χ2v) is 7.75. The zero-order chi connectivity index (χ0) is 19.4. The van der Waals surface area contributed by atoms with Gasteiger partial charge < -0.3 is 4.90 Å². The number of rotatable bonds is 4. The highest BCUT2D eigenvalue weighted by Crippen LogP contribution is 2.28. The molecule has 0 spiro atoms. The number of hydrazine groups is 1. The third-order valence-corrected chi connectivity index (χ3v) is 5.56. The van der Waals surface area contributed by atoms with Crippen LogP contribution < -0.4 is 10.9 Å². The number of nitrogens with zero attached hydrogens (tertiary/aromatic N) is 4. The van der Waals surface area contributed by atoms with Crippen molar-refractivity contribution < 1.29 is 14.4 Å². The smallest absolute Gasteiger partial charge is 0.291 e. The van der Waals surface area contributed by atoms with Crippen LogP contribution >= 0.6 is 11.3 Å². The first-order valence-corrected chi connectivity index (χ1v) is 9.58. The highest BCUT2D eigenvalue weighted by atomic mass is 32.1. The van der Waals surface area contributed by atoms with Gasteiger partial charge in [-0.25, -0.2) is 4.68 Å². The number of nitrogens with one attached hydrogen (secondary N) is 2. The fourth-order valence-electron chi connectivity index (χ4n) is 2.78. The number of fused-ring (bicyclic) bond motifs is 1. The molecule has 2 N–H and O–H groups in total. The Morgan fingerprint density at radius 2 is 1.89 bits per heavy atom. The Hall–Kier alpha value is -2.75. The van der Waals surface area contributed by atoms with Gasteiger partial charge in [0, 0.05) is 19.0 Å². The highest BCUT2D eigenvalue weighted by molar-refractivity contribution is 7.14. The first-order chi connectivity index (χ1) is 12.9. The lowest BCUT2D eigenvalue weighted by Gasteiger charge is -2.08. The van der Waals surface area contributed by atoms with Crippen molar-refractivity contribution in [3.8, 4) is 0 Å². The molecule has 2 aromatic rings. The summed E-state index contributed by atoms with van der Waals surface area (Å²) in [4.78, 5) is 39.3. The SMILES string of the molecule is CN(C)C(=O)Cn1cc(C(=O)NNC(=O)c2cc3c(s2)CCCCC3)nn1. The van der Waals surface area contributed by atoms with Crippen molar-refractivity contribution in [3.05, 3.63) is 33.3 Å². The summed E-state index contributed by atoms with van der Waals surface area (Å²) in [6, 6.07) is 1.91. The Bertz CT molecular complexity index is 833. The summed E-state index contributed by atoms with van der Waals surface area (Å²) in [6.45, 7) is -0.0135. The molecule has 2 aromatic heterocycles. The van der Waals surface area contributed by atoms with Crippen LogP contribution in [0, 0.1) is 0 Å². The van der Waals surface area contributed by atoms with Crippen LogP contribution in [0.3, 0.4) is 0 Å². The van der Waals surface area contributed by atoms with Crippen LogP contribution in [0.5, 0.6) is 0 Å². The molecule has 0 saturated heterocycles. The van der Waals surface area contributed by atoms with E-state index in [1.165, 1.54) is 44.0 Å². The molecular weight excluding hydrogens is 368 g/mol. The molecular formula is C17H22N6O3S. The van der Waals surface area contributed by atoms with Crippen molar-refractivity contribution >= 4 is 29.1 Å². The van der Waals surface area contributed by atoms with E-state index in [9.17, 15) is 14.4 Å². The first kappa shape index (κ1) is 19.0. The number of likely N-dealkylation sites (N-methyl/N-ethyl adjacent to an activating group) is 1. The molecule has 0 aliphatic heterocycles. The molecule has 27 heavy (non-hydrogen) atoms. The number of carbonyl (C=O) groups is 3. The number of hydrogen-bond donors (Lipinski definition) is 2. The van der Waals surface area contributed by atoms with E-state index in [1.54, 1.807) is 14.1 Å². The molecule has 9 nitrogen and oxygen atoms in total. The molecule has 0 radical (unpaired) electrons. The van der Waals surface area contributed by atoms with Gasteiger partial charge in [-0.15, -0.1) is 16.4 Å². The summed E-state index contributed by atoms with van der Waals surface area (Å²) in [6.07, 6.45) is 6.88. The summed E-state index contributed by atoms with van der Waals surface area (Å²) in [5.74, 6) is -1.11. The van der Waals surface area contributed by atoms with Crippen LogP contribution in [0.4, 0.5) is 0 Å².